The first kappa shape index (κ1) is 21.3. The van der Waals surface area contributed by atoms with Crippen molar-refractivity contribution in [2.24, 2.45) is 0 Å². The Morgan fingerprint density at radius 1 is 0.906 bits per heavy atom. The van der Waals surface area contributed by atoms with Crippen molar-refractivity contribution in [1.29, 1.82) is 0 Å². The van der Waals surface area contributed by atoms with Gasteiger partial charge in [-0.3, -0.25) is 4.98 Å². The summed E-state index contributed by atoms with van der Waals surface area (Å²) >= 11 is 19.4. The molecule has 1 fully saturated rings. The minimum absolute atomic E-state index is 0.168. The van der Waals surface area contributed by atoms with Crippen LogP contribution in [0.1, 0.15) is 23.5 Å². The quantitative estimate of drug-likeness (QED) is 0.291. The zero-order valence-corrected chi connectivity index (χ0v) is 19.8. The van der Waals surface area contributed by atoms with Crippen molar-refractivity contribution >= 4 is 58.0 Å². The number of hydrogen-bond donors (Lipinski definition) is 1. The minimum Gasteiger partial charge on any atom is -0.452 e. The van der Waals surface area contributed by atoms with Crippen LogP contribution in [0.15, 0.2) is 99.5 Å². The van der Waals surface area contributed by atoms with Crippen molar-refractivity contribution in [3.8, 4) is 0 Å². The fourth-order valence-electron chi connectivity index (χ4n) is 3.69. The molecule has 0 aliphatic carbocycles. The first-order chi connectivity index (χ1) is 15.6. The van der Waals surface area contributed by atoms with Crippen molar-refractivity contribution in [2.75, 3.05) is 4.90 Å². The Bertz CT molecular complexity index is 1230. The molecule has 2 aromatic heterocycles. The molecule has 0 unspecified atom stereocenters. The molecule has 0 saturated carbocycles. The third-order valence-corrected chi connectivity index (χ3v) is 6.88. The maximum Gasteiger partial charge on any atom is 0.174 e. The van der Waals surface area contributed by atoms with E-state index in [1.165, 1.54) is 0 Å². The monoisotopic (exact) mass is 497 g/mol. The van der Waals surface area contributed by atoms with Crippen LogP contribution in [0.25, 0.3) is 0 Å². The molecule has 8 heteroatoms. The molecule has 1 aliphatic rings. The van der Waals surface area contributed by atoms with E-state index in [1.54, 1.807) is 18.0 Å². The summed E-state index contributed by atoms with van der Waals surface area (Å²) in [6.45, 7) is 0. The first-order valence-electron chi connectivity index (χ1n) is 9.88. The Hall–Kier alpha value is -2.51. The number of halogens is 2. The number of pyridine rings is 1. The maximum atomic E-state index is 6.31. The number of nitrogens with zero attached hydrogens (tertiary/aromatic N) is 2. The summed E-state index contributed by atoms with van der Waals surface area (Å²) in [7, 11) is 0. The molecular formula is C24H17Cl2N3OS2. The molecule has 1 saturated heterocycles. The van der Waals surface area contributed by atoms with E-state index in [-0.39, 0.29) is 12.1 Å². The molecule has 0 spiro atoms. The van der Waals surface area contributed by atoms with Gasteiger partial charge in [-0.1, -0.05) is 41.0 Å². The molecule has 4 aromatic rings. The van der Waals surface area contributed by atoms with Gasteiger partial charge in [-0.05, 0) is 85.0 Å². The van der Waals surface area contributed by atoms with Crippen LogP contribution in [-0.4, -0.2) is 10.1 Å². The van der Waals surface area contributed by atoms with Crippen LogP contribution in [0.3, 0.4) is 0 Å². The van der Waals surface area contributed by atoms with E-state index in [0.717, 1.165) is 27.1 Å². The number of anilines is 1. The van der Waals surface area contributed by atoms with E-state index in [4.69, 9.17) is 39.8 Å². The van der Waals surface area contributed by atoms with Crippen molar-refractivity contribution in [3.63, 3.8) is 0 Å². The van der Waals surface area contributed by atoms with Crippen molar-refractivity contribution in [2.45, 2.75) is 22.1 Å². The van der Waals surface area contributed by atoms with Crippen LogP contribution < -0.4 is 10.2 Å². The molecule has 0 amide bonds. The molecule has 5 rings (SSSR count). The lowest BCUT2D eigenvalue weighted by molar-refractivity contribution is 0.383. The van der Waals surface area contributed by atoms with Gasteiger partial charge in [-0.15, -0.1) is 0 Å². The molecule has 32 heavy (non-hydrogen) atoms. The van der Waals surface area contributed by atoms with Gasteiger partial charge in [0.05, 0.1) is 11.7 Å². The highest BCUT2D eigenvalue weighted by atomic mass is 35.5. The molecule has 1 N–H and O–H groups in total. The predicted molar refractivity (Wildman–Crippen MR) is 134 cm³/mol. The molecule has 4 nitrogen and oxygen atoms in total. The van der Waals surface area contributed by atoms with Crippen LogP contribution in [0.2, 0.25) is 10.0 Å². The number of benzene rings is 2. The maximum absolute atomic E-state index is 6.31. The summed E-state index contributed by atoms with van der Waals surface area (Å²) in [4.78, 5) is 7.67. The van der Waals surface area contributed by atoms with Gasteiger partial charge in [0.25, 0.3) is 0 Å². The van der Waals surface area contributed by atoms with Gasteiger partial charge in [-0.2, -0.15) is 0 Å². The third-order valence-electron chi connectivity index (χ3n) is 5.13. The van der Waals surface area contributed by atoms with E-state index in [0.29, 0.717) is 15.2 Å². The topological polar surface area (TPSA) is 41.3 Å². The Morgan fingerprint density at radius 2 is 1.62 bits per heavy atom. The second-order valence-corrected chi connectivity index (χ2v) is 9.52. The molecule has 2 aromatic carbocycles. The van der Waals surface area contributed by atoms with Gasteiger partial charge >= 0.3 is 0 Å². The number of furan rings is 1. The van der Waals surface area contributed by atoms with Crippen molar-refractivity contribution < 1.29 is 4.42 Å². The highest BCUT2D eigenvalue weighted by Crippen LogP contribution is 2.43. The second kappa shape index (κ2) is 9.16. The zero-order chi connectivity index (χ0) is 22.1. The fraction of sp³-hybridized carbons (Fsp3) is 0.0833. The molecular weight excluding hydrogens is 481 g/mol. The van der Waals surface area contributed by atoms with Crippen LogP contribution >= 0.6 is 47.2 Å². The molecule has 1 aliphatic heterocycles. The zero-order valence-electron chi connectivity index (χ0n) is 16.6. The van der Waals surface area contributed by atoms with Crippen molar-refractivity contribution in [3.05, 3.63) is 107 Å². The molecule has 160 valence electrons. The van der Waals surface area contributed by atoms with E-state index in [1.807, 2.05) is 78.9 Å². The summed E-state index contributed by atoms with van der Waals surface area (Å²) in [6, 6.07) is 24.8. The number of hydrogen-bond acceptors (Lipinski definition) is 4. The van der Waals surface area contributed by atoms with Gasteiger partial charge in [0, 0.05) is 26.8 Å². The number of thiocarbonyl (C=S) groups is 1. The first-order valence-corrected chi connectivity index (χ1v) is 11.9. The predicted octanol–water partition coefficient (Wildman–Crippen LogP) is 7.31. The van der Waals surface area contributed by atoms with Crippen molar-refractivity contribution in [1.82, 2.24) is 10.3 Å². The van der Waals surface area contributed by atoms with E-state index >= 15 is 0 Å². The Balaban J connectivity index is 1.52. The average molecular weight is 498 g/mol. The third kappa shape index (κ3) is 4.36. The standard InChI is InChI=1S/C24H17Cl2N3OS2/c25-15-4-8-17(9-5-15)29-23(22(28-24(29)31)19-3-1-2-14-27-19)20-12-13-21(30-20)32-18-10-6-16(26)7-11-18/h1-14,22-23H,(H,28,31)/t22-,23-/m1/s1. The summed E-state index contributed by atoms with van der Waals surface area (Å²) in [5, 5.41) is 6.20. The average Bonchev–Trinajstić information content (AvgIpc) is 3.40. The molecule has 2 atom stereocenters. The van der Waals surface area contributed by atoms with Gasteiger partial charge in [0.15, 0.2) is 10.2 Å². The largest absolute Gasteiger partial charge is 0.452 e. The number of nitrogens with one attached hydrogen (secondary N) is 1. The van der Waals surface area contributed by atoms with E-state index in [9.17, 15) is 0 Å². The lowest BCUT2D eigenvalue weighted by Crippen LogP contribution is -2.29. The lowest BCUT2D eigenvalue weighted by atomic mass is 10.0. The Kier molecular flexibility index (Phi) is 6.11. The van der Waals surface area contributed by atoms with E-state index in [2.05, 4.69) is 15.2 Å². The fourth-order valence-corrected chi connectivity index (χ4v) is 5.07. The molecule has 0 bridgehead atoms. The lowest BCUT2D eigenvalue weighted by Gasteiger charge is -2.26. The molecule has 3 heterocycles. The summed E-state index contributed by atoms with van der Waals surface area (Å²) in [5.74, 6) is 0.791. The van der Waals surface area contributed by atoms with Crippen LogP contribution in [0.4, 0.5) is 5.69 Å². The van der Waals surface area contributed by atoms with Crippen LogP contribution in [0.5, 0.6) is 0 Å². The van der Waals surface area contributed by atoms with Gasteiger partial charge in [-0.25, -0.2) is 0 Å². The van der Waals surface area contributed by atoms with Gasteiger partial charge in [0.1, 0.15) is 11.8 Å². The minimum atomic E-state index is -0.210. The molecule has 0 radical (unpaired) electrons. The van der Waals surface area contributed by atoms with Crippen LogP contribution in [0, 0.1) is 0 Å². The Morgan fingerprint density at radius 3 is 2.31 bits per heavy atom. The highest BCUT2D eigenvalue weighted by molar-refractivity contribution is 7.99. The second-order valence-electron chi connectivity index (χ2n) is 7.19. The normalized spacial score (nSPS) is 18.1. The van der Waals surface area contributed by atoms with Crippen LogP contribution in [-0.2, 0) is 0 Å². The summed E-state index contributed by atoms with van der Waals surface area (Å²) < 4.78 is 6.31. The SMILES string of the molecule is S=C1N[C@H](c2ccccn2)[C@@H](c2ccc(Sc3ccc(Cl)cc3)o2)N1c1ccc(Cl)cc1. The smallest absolute Gasteiger partial charge is 0.174 e. The van der Waals surface area contributed by atoms with Gasteiger partial charge in [0.2, 0.25) is 0 Å². The number of aromatic nitrogens is 1. The highest BCUT2D eigenvalue weighted by Gasteiger charge is 2.42. The number of rotatable bonds is 5. The van der Waals surface area contributed by atoms with Gasteiger partial charge < -0.3 is 14.6 Å². The Labute approximate surface area is 205 Å². The summed E-state index contributed by atoms with van der Waals surface area (Å²) in [5.41, 5.74) is 1.82. The van der Waals surface area contributed by atoms with E-state index < -0.39 is 0 Å². The summed E-state index contributed by atoms with van der Waals surface area (Å²) in [6.07, 6.45) is 1.78.